The molecular weight excluding hydrogens is 305 g/mol. The molecule has 0 aromatic heterocycles. The maximum atomic E-state index is 6.28. The molecule has 0 spiro atoms. The lowest BCUT2D eigenvalue weighted by atomic mass is 9.90. The summed E-state index contributed by atoms with van der Waals surface area (Å²) in [5.41, 5.74) is 9.28. The molecule has 2 rings (SSSR count). The zero-order chi connectivity index (χ0) is 15.4. The van der Waals surface area contributed by atoms with E-state index in [1.807, 2.05) is 24.3 Å². The summed E-state index contributed by atoms with van der Waals surface area (Å²) in [4.78, 5) is 0. The SMILES string of the molecule is COc1ccc(C)cc1C(CN)Cc1cccc(Cl)c1Cl. The number of hydrogen-bond donors (Lipinski definition) is 1. The Morgan fingerprint density at radius 3 is 2.62 bits per heavy atom. The second-order valence-electron chi connectivity index (χ2n) is 5.10. The average molecular weight is 324 g/mol. The van der Waals surface area contributed by atoms with Gasteiger partial charge in [0.1, 0.15) is 5.75 Å². The van der Waals surface area contributed by atoms with Gasteiger partial charge in [0.05, 0.1) is 17.2 Å². The Hall–Kier alpha value is -1.22. The van der Waals surface area contributed by atoms with Crippen LogP contribution in [0.4, 0.5) is 0 Å². The maximum Gasteiger partial charge on any atom is 0.122 e. The summed E-state index contributed by atoms with van der Waals surface area (Å²) in [6, 6.07) is 11.8. The summed E-state index contributed by atoms with van der Waals surface area (Å²) in [6.07, 6.45) is 0.732. The van der Waals surface area contributed by atoms with E-state index in [0.29, 0.717) is 16.6 Å². The van der Waals surface area contributed by atoms with Crippen molar-refractivity contribution in [2.75, 3.05) is 13.7 Å². The smallest absolute Gasteiger partial charge is 0.122 e. The number of rotatable bonds is 5. The molecule has 0 aliphatic carbocycles. The average Bonchev–Trinajstić information content (AvgIpc) is 2.49. The maximum absolute atomic E-state index is 6.28. The summed E-state index contributed by atoms with van der Waals surface area (Å²) in [5, 5.41) is 1.17. The highest BCUT2D eigenvalue weighted by atomic mass is 35.5. The van der Waals surface area contributed by atoms with E-state index >= 15 is 0 Å². The van der Waals surface area contributed by atoms with Gasteiger partial charge >= 0.3 is 0 Å². The Morgan fingerprint density at radius 2 is 1.95 bits per heavy atom. The summed E-state index contributed by atoms with van der Waals surface area (Å²) in [5.74, 6) is 0.991. The van der Waals surface area contributed by atoms with Crippen LogP contribution >= 0.6 is 23.2 Å². The Labute approximate surface area is 135 Å². The van der Waals surface area contributed by atoms with Gasteiger partial charge in [-0.25, -0.2) is 0 Å². The first-order valence-corrected chi connectivity index (χ1v) is 7.60. The van der Waals surface area contributed by atoms with Gasteiger partial charge in [0.25, 0.3) is 0 Å². The van der Waals surface area contributed by atoms with Crippen LogP contribution in [0.1, 0.15) is 22.6 Å². The fraction of sp³-hybridized carbons (Fsp3) is 0.294. The Kier molecular flexibility index (Phi) is 5.51. The van der Waals surface area contributed by atoms with E-state index < -0.39 is 0 Å². The van der Waals surface area contributed by atoms with E-state index in [0.717, 1.165) is 23.3 Å². The third kappa shape index (κ3) is 3.70. The van der Waals surface area contributed by atoms with Gasteiger partial charge in [0.15, 0.2) is 0 Å². The molecule has 112 valence electrons. The molecule has 2 nitrogen and oxygen atoms in total. The molecule has 1 unspecified atom stereocenters. The lowest BCUT2D eigenvalue weighted by molar-refractivity contribution is 0.405. The van der Waals surface area contributed by atoms with Crippen LogP contribution in [0.2, 0.25) is 10.0 Å². The van der Waals surface area contributed by atoms with Crippen molar-refractivity contribution in [3.05, 3.63) is 63.1 Å². The lowest BCUT2D eigenvalue weighted by Crippen LogP contribution is -2.16. The van der Waals surface area contributed by atoms with Crippen LogP contribution in [-0.4, -0.2) is 13.7 Å². The molecule has 2 aromatic rings. The molecule has 0 saturated carbocycles. The monoisotopic (exact) mass is 323 g/mol. The van der Waals surface area contributed by atoms with E-state index in [-0.39, 0.29) is 5.92 Å². The zero-order valence-corrected chi connectivity index (χ0v) is 13.7. The highest BCUT2D eigenvalue weighted by Gasteiger charge is 2.17. The molecule has 2 N–H and O–H groups in total. The number of ether oxygens (including phenoxy) is 1. The first-order chi connectivity index (χ1) is 10.1. The van der Waals surface area contributed by atoms with Crippen LogP contribution in [0, 0.1) is 6.92 Å². The minimum Gasteiger partial charge on any atom is -0.496 e. The van der Waals surface area contributed by atoms with Crippen molar-refractivity contribution in [1.82, 2.24) is 0 Å². The number of halogens is 2. The number of benzene rings is 2. The predicted molar refractivity (Wildman–Crippen MR) is 89.7 cm³/mol. The normalized spacial score (nSPS) is 12.2. The second kappa shape index (κ2) is 7.17. The Morgan fingerprint density at radius 1 is 1.19 bits per heavy atom. The summed E-state index contributed by atoms with van der Waals surface area (Å²) < 4.78 is 5.46. The first-order valence-electron chi connectivity index (χ1n) is 6.84. The lowest BCUT2D eigenvalue weighted by Gasteiger charge is -2.20. The van der Waals surface area contributed by atoms with Crippen LogP contribution in [0.25, 0.3) is 0 Å². The minimum atomic E-state index is 0.135. The van der Waals surface area contributed by atoms with Crippen molar-refractivity contribution >= 4 is 23.2 Å². The van der Waals surface area contributed by atoms with E-state index in [4.69, 9.17) is 33.7 Å². The molecule has 21 heavy (non-hydrogen) atoms. The van der Waals surface area contributed by atoms with E-state index in [1.165, 1.54) is 5.56 Å². The molecular formula is C17H19Cl2NO. The molecule has 0 radical (unpaired) electrons. The third-order valence-corrected chi connectivity index (χ3v) is 4.47. The molecule has 0 aliphatic heterocycles. The third-order valence-electron chi connectivity index (χ3n) is 3.61. The standard InChI is InChI=1S/C17H19Cl2NO/c1-11-6-7-16(21-2)14(8-11)13(10-20)9-12-4-3-5-15(18)17(12)19/h3-8,13H,9-10,20H2,1-2H3. The summed E-state index contributed by atoms with van der Waals surface area (Å²) in [7, 11) is 1.67. The largest absolute Gasteiger partial charge is 0.496 e. The van der Waals surface area contributed by atoms with Crippen molar-refractivity contribution in [1.29, 1.82) is 0 Å². The van der Waals surface area contributed by atoms with E-state index in [9.17, 15) is 0 Å². The van der Waals surface area contributed by atoms with Crippen molar-refractivity contribution in [3.63, 3.8) is 0 Å². The quantitative estimate of drug-likeness (QED) is 0.873. The summed E-state index contributed by atoms with van der Waals surface area (Å²) in [6.45, 7) is 2.57. The highest BCUT2D eigenvalue weighted by Crippen LogP contribution is 2.33. The topological polar surface area (TPSA) is 35.2 Å². The Balaban J connectivity index is 2.36. The Bertz CT molecular complexity index is 628. The number of hydrogen-bond acceptors (Lipinski definition) is 2. The number of methoxy groups -OCH3 is 1. The molecule has 0 heterocycles. The molecule has 0 fully saturated rings. The van der Waals surface area contributed by atoms with Gasteiger partial charge in [-0.05, 0) is 43.1 Å². The molecule has 4 heteroatoms. The first kappa shape index (κ1) is 16.2. The number of nitrogens with two attached hydrogens (primary N) is 1. The van der Waals surface area contributed by atoms with Crippen molar-refractivity contribution in [2.24, 2.45) is 5.73 Å². The fourth-order valence-corrected chi connectivity index (χ4v) is 2.86. The molecule has 0 amide bonds. The predicted octanol–water partition coefficient (Wildman–Crippen LogP) is 4.60. The van der Waals surface area contributed by atoms with Gasteiger partial charge in [0.2, 0.25) is 0 Å². The molecule has 2 aromatic carbocycles. The minimum absolute atomic E-state index is 0.135. The van der Waals surface area contributed by atoms with Gasteiger partial charge < -0.3 is 10.5 Å². The molecule has 1 atom stereocenters. The van der Waals surface area contributed by atoms with Gasteiger partial charge in [-0.1, -0.05) is 53.0 Å². The van der Waals surface area contributed by atoms with E-state index in [2.05, 4.69) is 13.0 Å². The van der Waals surface area contributed by atoms with Gasteiger partial charge in [0, 0.05) is 5.92 Å². The zero-order valence-electron chi connectivity index (χ0n) is 12.2. The van der Waals surface area contributed by atoms with E-state index in [1.54, 1.807) is 13.2 Å². The second-order valence-corrected chi connectivity index (χ2v) is 5.88. The van der Waals surface area contributed by atoms with Gasteiger partial charge in [-0.3, -0.25) is 0 Å². The van der Waals surface area contributed by atoms with Crippen molar-refractivity contribution in [3.8, 4) is 5.75 Å². The van der Waals surface area contributed by atoms with Gasteiger partial charge in [-0.15, -0.1) is 0 Å². The van der Waals surface area contributed by atoms with Crippen LogP contribution < -0.4 is 10.5 Å². The van der Waals surface area contributed by atoms with Crippen LogP contribution in [0.5, 0.6) is 5.75 Å². The van der Waals surface area contributed by atoms with Crippen LogP contribution in [0.15, 0.2) is 36.4 Å². The summed E-state index contributed by atoms with van der Waals surface area (Å²) >= 11 is 12.4. The van der Waals surface area contributed by atoms with Crippen molar-refractivity contribution < 1.29 is 4.74 Å². The molecule has 0 bridgehead atoms. The van der Waals surface area contributed by atoms with Crippen molar-refractivity contribution in [2.45, 2.75) is 19.3 Å². The highest BCUT2D eigenvalue weighted by molar-refractivity contribution is 6.42. The van der Waals surface area contributed by atoms with Crippen LogP contribution in [0.3, 0.4) is 0 Å². The fourth-order valence-electron chi connectivity index (χ4n) is 2.46. The molecule has 0 aliphatic rings. The van der Waals surface area contributed by atoms with Crippen LogP contribution in [-0.2, 0) is 6.42 Å². The number of aryl methyl sites for hydroxylation is 1. The van der Waals surface area contributed by atoms with Gasteiger partial charge in [-0.2, -0.15) is 0 Å². The molecule has 0 saturated heterocycles.